The van der Waals surface area contributed by atoms with E-state index in [1.807, 2.05) is 36.5 Å². The molecule has 2 aromatic rings. The minimum Gasteiger partial charge on any atom is -0.353 e. The third-order valence-electron chi connectivity index (χ3n) is 4.46. The number of carbonyl (C=O) groups excluding carboxylic acids is 1. The lowest BCUT2D eigenvalue weighted by Crippen LogP contribution is -2.47. The summed E-state index contributed by atoms with van der Waals surface area (Å²) in [5.74, 6) is 1.83. The summed E-state index contributed by atoms with van der Waals surface area (Å²) in [5, 5.41) is 2.99. The zero-order valence-electron chi connectivity index (χ0n) is 13.6. The number of aromatic nitrogens is 2. The highest BCUT2D eigenvalue weighted by Crippen LogP contribution is 2.20. The summed E-state index contributed by atoms with van der Waals surface area (Å²) in [7, 11) is 0. The molecule has 2 aromatic heterocycles. The van der Waals surface area contributed by atoms with Crippen LogP contribution in [0.25, 0.3) is 0 Å². The summed E-state index contributed by atoms with van der Waals surface area (Å²) in [4.78, 5) is 25.6. The van der Waals surface area contributed by atoms with E-state index in [1.165, 1.54) is 0 Å². The van der Waals surface area contributed by atoms with E-state index in [0.29, 0.717) is 11.7 Å². The van der Waals surface area contributed by atoms with Gasteiger partial charge in [0, 0.05) is 38.4 Å². The van der Waals surface area contributed by atoms with Gasteiger partial charge in [-0.1, -0.05) is 12.1 Å². The Morgan fingerprint density at radius 1 is 0.958 bits per heavy atom. The van der Waals surface area contributed by atoms with E-state index in [9.17, 15) is 4.79 Å². The summed E-state index contributed by atoms with van der Waals surface area (Å²) in [6.45, 7) is 3.54. The van der Waals surface area contributed by atoms with Crippen molar-refractivity contribution in [2.75, 3.05) is 36.0 Å². The first-order valence-corrected chi connectivity index (χ1v) is 8.48. The Morgan fingerprint density at radius 2 is 1.67 bits per heavy atom. The van der Waals surface area contributed by atoms with Gasteiger partial charge in [0.25, 0.3) is 5.91 Å². The minimum absolute atomic E-state index is 0.0635. The molecular weight excluding hydrogens is 302 g/mol. The van der Waals surface area contributed by atoms with E-state index in [2.05, 4.69) is 25.1 Å². The van der Waals surface area contributed by atoms with E-state index in [4.69, 9.17) is 0 Å². The van der Waals surface area contributed by atoms with Crippen LogP contribution in [0.4, 0.5) is 11.6 Å². The number of rotatable bonds is 4. The van der Waals surface area contributed by atoms with Gasteiger partial charge in [0.2, 0.25) is 0 Å². The maximum absolute atomic E-state index is 12.2. The van der Waals surface area contributed by atoms with Gasteiger partial charge >= 0.3 is 0 Å². The molecule has 2 fully saturated rings. The number of piperazine rings is 1. The van der Waals surface area contributed by atoms with E-state index in [-0.39, 0.29) is 5.91 Å². The van der Waals surface area contributed by atoms with E-state index in [1.54, 1.807) is 6.07 Å². The fourth-order valence-electron chi connectivity index (χ4n) is 2.92. The van der Waals surface area contributed by atoms with Crippen LogP contribution in [-0.2, 0) is 0 Å². The standard InChI is InChI=1S/C18H21N5O/c24-18(20-14-7-8-14)15-4-3-6-17(21-15)23-12-10-22(11-13-23)16-5-1-2-9-19-16/h1-6,9,14H,7-8,10-13H2,(H,20,24). The Kier molecular flexibility index (Phi) is 4.02. The van der Waals surface area contributed by atoms with Crippen LogP contribution >= 0.6 is 0 Å². The van der Waals surface area contributed by atoms with Crippen molar-refractivity contribution >= 4 is 17.5 Å². The molecule has 1 amide bonds. The number of pyridine rings is 2. The second kappa shape index (κ2) is 6.47. The molecule has 0 radical (unpaired) electrons. The van der Waals surface area contributed by atoms with Gasteiger partial charge in [-0.05, 0) is 37.1 Å². The Morgan fingerprint density at radius 3 is 2.33 bits per heavy atom. The van der Waals surface area contributed by atoms with Crippen molar-refractivity contribution in [3.05, 3.63) is 48.3 Å². The molecule has 1 saturated carbocycles. The number of carbonyl (C=O) groups is 1. The van der Waals surface area contributed by atoms with E-state index >= 15 is 0 Å². The second-order valence-corrected chi connectivity index (χ2v) is 6.29. The average molecular weight is 323 g/mol. The smallest absolute Gasteiger partial charge is 0.270 e. The first kappa shape index (κ1) is 14.9. The molecule has 124 valence electrons. The van der Waals surface area contributed by atoms with Gasteiger partial charge in [0.15, 0.2) is 0 Å². The molecule has 1 aliphatic carbocycles. The Balaban J connectivity index is 1.41. The second-order valence-electron chi connectivity index (χ2n) is 6.29. The maximum Gasteiger partial charge on any atom is 0.270 e. The molecule has 0 bridgehead atoms. The van der Waals surface area contributed by atoms with Crippen LogP contribution in [0, 0.1) is 0 Å². The van der Waals surface area contributed by atoms with E-state index in [0.717, 1.165) is 50.7 Å². The summed E-state index contributed by atoms with van der Waals surface area (Å²) in [5.41, 5.74) is 0.506. The highest BCUT2D eigenvalue weighted by Gasteiger charge is 2.25. The normalized spacial score (nSPS) is 17.7. The van der Waals surface area contributed by atoms with Gasteiger partial charge in [-0.3, -0.25) is 4.79 Å². The molecule has 0 spiro atoms. The van der Waals surface area contributed by atoms with Crippen LogP contribution in [0.5, 0.6) is 0 Å². The number of amides is 1. The average Bonchev–Trinajstić information content (AvgIpc) is 3.47. The first-order chi connectivity index (χ1) is 11.8. The topological polar surface area (TPSA) is 61.4 Å². The predicted molar refractivity (Wildman–Crippen MR) is 93.4 cm³/mol. The molecule has 0 unspecified atom stereocenters. The van der Waals surface area contributed by atoms with Crippen LogP contribution in [0.2, 0.25) is 0 Å². The molecule has 1 saturated heterocycles. The molecule has 0 aromatic carbocycles. The first-order valence-electron chi connectivity index (χ1n) is 8.48. The van der Waals surface area contributed by atoms with Crippen LogP contribution in [0.1, 0.15) is 23.3 Å². The van der Waals surface area contributed by atoms with Crippen LogP contribution < -0.4 is 15.1 Å². The molecule has 0 atom stereocenters. The summed E-state index contributed by atoms with van der Waals surface area (Å²) in [6, 6.07) is 12.0. The molecule has 3 heterocycles. The van der Waals surface area contributed by atoms with Crippen molar-refractivity contribution in [3.63, 3.8) is 0 Å². The number of hydrogen-bond donors (Lipinski definition) is 1. The monoisotopic (exact) mass is 323 g/mol. The van der Waals surface area contributed by atoms with Crippen molar-refractivity contribution < 1.29 is 4.79 Å². The number of nitrogens with one attached hydrogen (secondary N) is 1. The molecule has 24 heavy (non-hydrogen) atoms. The van der Waals surface area contributed by atoms with Crippen LogP contribution in [0.3, 0.4) is 0 Å². The largest absolute Gasteiger partial charge is 0.353 e. The number of nitrogens with zero attached hydrogens (tertiary/aromatic N) is 4. The minimum atomic E-state index is -0.0635. The van der Waals surface area contributed by atoms with Crippen molar-refractivity contribution in [1.82, 2.24) is 15.3 Å². The summed E-state index contributed by atoms with van der Waals surface area (Å²) in [6.07, 6.45) is 3.99. The highest BCUT2D eigenvalue weighted by atomic mass is 16.2. The van der Waals surface area contributed by atoms with Crippen molar-refractivity contribution in [2.45, 2.75) is 18.9 Å². The molecule has 2 aliphatic rings. The zero-order chi connectivity index (χ0) is 16.4. The molecule has 1 N–H and O–H groups in total. The lowest BCUT2D eigenvalue weighted by Gasteiger charge is -2.36. The van der Waals surface area contributed by atoms with Gasteiger partial charge in [0.1, 0.15) is 17.3 Å². The van der Waals surface area contributed by atoms with Gasteiger partial charge in [0.05, 0.1) is 0 Å². The van der Waals surface area contributed by atoms with Crippen molar-refractivity contribution in [1.29, 1.82) is 0 Å². The maximum atomic E-state index is 12.2. The third kappa shape index (κ3) is 3.32. The van der Waals surface area contributed by atoms with Gasteiger partial charge in [-0.25, -0.2) is 9.97 Å². The summed E-state index contributed by atoms with van der Waals surface area (Å²) < 4.78 is 0. The fourth-order valence-corrected chi connectivity index (χ4v) is 2.92. The lowest BCUT2D eigenvalue weighted by molar-refractivity contribution is 0.0946. The Labute approximate surface area is 141 Å². The summed E-state index contributed by atoms with van der Waals surface area (Å²) >= 11 is 0. The van der Waals surface area contributed by atoms with E-state index < -0.39 is 0 Å². The van der Waals surface area contributed by atoms with Crippen molar-refractivity contribution in [3.8, 4) is 0 Å². The SMILES string of the molecule is O=C(NC1CC1)c1cccc(N2CCN(c3ccccn3)CC2)n1. The highest BCUT2D eigenvalue weighted by molar-refractivity contribution is 5.93. The number of hydrogen-bond acceptors (Lipinski definition) is 5. The lowest BCUT2D eigenvalue weighted by atomic mass is 10.2. The zero-order valence-corrected chi connectivity index (χ0v) is 13.6. The molecule has 4 rings (SSSR count). The van der Waals surface area contributed by atoms with Crippen LogP contribution in [0.15, 0.2) is 42.6 Å². The predicted octanol–water partition coefficient (Wildman–Crippen LogP) is 1.70. The van der Waals surface area contributed by atoms with Gasteiger partial charge < -0.3 is 15.1 Å². The van der Waals surface area contributed by atoms with Crippen molar-refractivity contribution in [2.24, 2.45) is 0 Å². The molecular formula is C18H21N5O. The third-order valence-corrected chi connectivity index (χ3v) is 4.46. The molecule has 1 aliphatic heterocycles. The fraction of sp³-hybridized carbons (Fsp3) is 0.389. The Bertz CT molecular complexity index is 708. The molecule has 6 nitrogen and oxygen atoms in total. The Hall–Kier alpha value is -2.63. The molecule has 6 heteroatoms. The number of anilines is 2. The quantitative estimate of drug-likeness (QED) is 0.928. The van der Waals surface area contributed by atoms with Gasteiger partial charge in [-0.15, -0.1) is 0 Å². The van der Waals surface area contributed by atoms with Crippen LogP contribution in [-0.4, -0.2) is 48.1 Å². The van der Waals surface area contributed by atoms with Gasteiger partial charge in [-0.2, -0.15) is 0 Å².